The molecule has 150 valence electrons. The molecular formula is C19H24N4O5. The summed E-state index contributed by atoms with van der Waals surface area (Å²) in [5, 5.41) is 3.32. The van der Waals surface area contributed by atoms with E-state index >= 15 is 0 Å². The second kappa shape index (κ2) is 6.25. The molecule has 9 heteroatoms. The number of amides is 1. The van der Waals surface area contributed by atoms with E-state index in [2.05, 4.69) is 16.9 Å². The number of aliphatic imine (C=N–C) groups is 1. The average Bonchev–Trinajstić information content (AvgIpc) is 3.24. The van der Waals surface area contributed by atoms with E-state index in [9.17, 15) is 14.4 Å². The Balaban J connectivity index is 1.82. The highest BCUT2D eigenvalue weighted by Crippen LogP contribution is 2.55. The molecular weight excluding hydrogens is 364 g/mol. The number of ketones is 2. The molecule has 4 rings (SSSR count). The van der Waals surface area contributed by atoms with Crippen molar-refractivity contribution in [1.29, 1.82) is 0 Å². The van der Waals surface area contributed by atoms with Gasteiger partial charge in [0.05, 0.1) is 35.8 Å². The summed E-state index contributed by atoms with van der Waals surface area (Å²) in [6.07, 6.45) is -0.940. The van der Waals surface area contributed by atoms with Crippen molar-refractivity contribution < 1.29 is 23.9 Å². The van der Waals surface area contributed by atoms with Crippen LogP contribution in [0.1, 0.15) is 13.8 Å². The largest absolute Gasteiger partial charge is 0.449 e. The van der Waals surface area contributed by atoms with Gasteiger partial charge in [-0.1, -0.05) is 12.2 Å². The molecule has 2 fully saturated rings. The van der Waals surface area contributed by atoms with Gasteiger partial charge in [0.2, 0.25) is 5.78 Å². The van der Waals surface area contributed by atoms with Crippen LogP contribution in [0.3, 0.4) is 0 Å². The maximum Gasteiger partial charge on any atom is 0.404 e. The van der Waals surface area contributed by atoms with E-state index in [1.54, 1.807) is 14.0 Å². The highest BCUT2D eigenvalue weighted by atomic mass is 16.6. The first-order valence-corrected chi connectivity index (χ1v) is 9.26. The molecule has 1 amide bonds. The number of carbonyl (C=O) groups is 3. The van der Waals surface area contributed by atoms with E-state index in [1.807, 2.05) is 11.8 Å². The maximum absolute atomic E-state index is 13.4. The summed E-state index contributed by atoms with van der Waals surface area (Å²) in [5.41, 5.74) is 5.87. The zero-order chi connectivity index (χ0) is 20.4. The molecule has 3 aliphatic heterocycles. The molecule has 5 atom stereocenters. The minimum Gasteiger partial charge on any atom is -0.449 e. The zero-order valence-electron chi connectivity index (χ0n) is 16.2. The fraction of sp³-hybridized carbons (Fsp3) is 0.579. The van der Waals surface area contributed by atoms with E-state index in [-0.39, 0.29) is 42.5 Å². The van der Waals surface area contributed by atoms with Crippen LogP contribution >= 0.6 is 0 Å². The van der Waals surface area contributed by atoms with Gasteiger partial charge in [-0.3, -0.25) is 14.6 Å². The van der Waals surface area contributed by atoms with Crippen molar-refractivity contribution >= 4 is 23.4 Å². The Bertz CT molecular complexity index is 862. The second-order valence-corrected chi connectivity index (χ2v) is 7.84. The number of methoxy groups -OCH3 is 1. The SMILES string of the molecule is C=C(C)CN=C1C(=O)C2=C(C(=O)C1C)N1CC3NC3C1(OC)C2COC(N)=O. The van der Waals surface area contributed by atoms with E-state index in [4.69, 9.17) is 15.2 Å². The number of fused-ring (bicyclic) bond motifs is 4. The smallest absolute Gasteiger partial charge is 0.404 e. The quantitative estimate of drug-likeness (QED) is 0.491. The predicted molar refractivity (Wildman–Crippen MR) is 99.5 cm³/mol. The fourth-order valence-corrected chi connectivity index (χ4v) is 4.81. The van der Waals surface area contributed by atoms with Crippen molar-refractivity contribution in [1.82, 2.24) is 10.2 Å². The first-order chi connectivity index (χ1) is 13.2. The number of piperazine rings is 1. The molecule has 3 N–H and O–H groups in total. The van der Waals surface area contributed by atoms with Gasteiger partial charge in [0.25, 0.3) is 0 Å². The Morgan fingerprint density at radius 1 is 1.46 bits per heavy atom. The van der Waals surface area contributed by atoms with Crippen LogP contribution in [0.2, 0.25) is 0 Å². The normalized spacial score (nSPS) is 37.1. The van der Waals surface area contributed by atoms with E-state index < -0.39 is 23.7 Å². The Labute approximate surface area is 162 Å². The number of nitrogens with one attached hydrogen (secondary N) is 1. The number of carbonyl (C=O) groups excluding carboxylic acids is 3. The summed E-state index contributed by atoms with van der Waals surface area (Å²) in [4.78, 5) is 44.1. The lowest BCUT2D eigenvalue weighted by Crippen LogP contribution is -2.55. The summed E-state index contributed by atoms with van der Waals surface area (Å²) < 4.78 is 11.0. The number of primary amides is 1. The molecule has 4 aliphatic rings. The number of allylic oxidation sites excluding steroid dienone is 1. The van der Waals surface area contributed by atoms with Crippen molar-refractivity contribution in [3.05, 3.63) is 23.4 Å². The third-order valence-electron chi connectivity index (χ3n) is 6.06. The van der Waals surface area contributed by atoms with Crippen LogP contribution in [0.4, 0.5) is 4.79 Å². The Morgan fingerprint density at radius 3 is 2.79 bits per heavy atom. The van der Waals surface area contributed by atoms with E-state index in [1.165, 1.54) is 0 Å². The van der Waals surface area contributed by atoms with Crippen molar-refractivity contribution in [2.24, 2.45) is 22.6 Å². The Morgan fingerprint density at radius 2 is 2.18 bits per heavy atom. The van der Waals surface area contributed by atoms with Crippen molar-refractivity contribution in [3.8, 4) is 0 Å². The molecule has 0 aromatic rings. The first-order valence-electron chi connectivity index (χ1n) is 9.26. The van der Waals surface area contributed by atoms with Crippen molar-refractivity contribution in [2.45, 2.75) is 31.7 Å². The lowest BCUT2D eigenvalue weighted by molar-refractivity contribution is -0.138. The van der Waals surface area contributed by atoms with Crippen molar-refractivity contribution in [2.75, 3.05) is 26.8 Å². The maximum atomic E-state index is 13.4. The zero-order valence-corrected chi connectivity index (χ0v) is 16.2. The molecule has 0 saturated carbocycles. The molecule has 28 heavy (non-hydrogen) atoms. The summed E-state index contributed by atoms with van der Waals surface area (Å²) in [6.45, 7) is 7.98. The summed E-state index contributed by atoms with van der Waals surface area (Å²) >= 11 is 0. The molecule has 2 saturated heterocycles. The van der Waals surface area contributed by atoms with Gasteiger partial charge < -0.3 is 25.4 Å². The highest BCUT2D eigenvalue weighted by molar-refractivity contribution is 6.53. The van der Waals surface area contributed by atoms with Crippen LogP contribution < -0.4 is 11.1 Å². The van der Waals surface area contributed by atoms with Gasteiger partial charge in [-0.05, 0) is 13.8 Å². The van der Waals surface area contributed by atoms with Crippen LogP contribution in [0.25, 0.3) is 0 Å². The third-order valence-corrected chi connectivity index (χ3v) is 6.06. The van der Waals surface area contributed by atoms with E-state index in [0.29, 0.717) is 17.8 Å². The lowest BCUT2D eigenvalue weighted by atomic mass is 9.78. The number of hydrogen-bond acceptors (Lipinski definition) is 8. The average molecular weight is 388 g/mol. The molecule has 5 unspecified atom stereocenters. The third kappa shape index (κ3) is 2.39. The Hall–Kier alpha value is -2.52. The fourth-order valence-electron chi connectivity index (χ4n) is 4.81. The minimum absolute atomic E-state index is 0.0590. The predicted octanol–water partition coefficient (Wildman–Crippen LogP) is -0.231. The number of nitrogens with zero attached hydrogens (tertiary/aromatic N) is 2. The van der Waals surface area contributed by atoms with Crippen LogP contribution in [-0.2, 0) is 19.1 Å². The second-order valence-electron chi connectivity index (χ2n) is 7.84. The van der Waals surface area contributed by atoms with Gasteiger partial charge in [0.15, 0.2) is 11.5 Å². The summed E-state index contributed by atoms with van der Waals surface area (Å²) in [5.74, 6) is -1.76. The molecule has 0 radical (unpaired) electrons. The number of rotatable bonds is 5. The molecule has 0 bridgehead atoms. The van der Waals surface area contributed by atoms with E-state index in [0.717, 1.165) is 5.57 Å². The van der Waals surface area contributed by atoms with Gasteiger partial charge in [0, 0.05) is 25.3 Å². The molecule has 0 aromatic carbocycles. The van der Waals surface area contributed by atoms with Gasteiger partial charge in [-0.25, -0.2) is 4.79 Å². The van der Waals surface area contributed by atoms with Gasteiger partial charge >= 0.3 is 6.09 Å². The standard InChI is InChI=1S/C19H24N4O5/c1-8(2)5-21-13-9(3)15(24)14-12(16(13)25)10(7-28-18(20)26)19(27-4)17-11(22-17)6-23(14)19/h9-11,17,22H,1,5-7H2,2-4H3,(H2,20,26). The monoisotopic (exact) mass is 388 g/mol. The summed E-state index contributed by atoms with van der Waals surface area (Å²) in [7, 11) is 1.54. The van der Waals surface area contributed by atoms with Gasteiger partial charge in [-0.15, -0.1) is 0 Å². The minimum atomic E-state index is -0.959. The highest BCUT2D eigenvalue weighted by Gasteiger charge is 2.73. The number of hydrogen-bond donors (Lipinski definition) is 2. The van der Waals surface area contributed by atoms with Crippen LogP contribution in [0, 0.1) is 11.8 Å². The molecule has 0 spiro atoms. The van der Waals surface area contributed by atoms with Crippen LogP contribution in [0.5, 0.6) is 0 Å². The molecule has 3 heterocycles. The number of nitrogens with two attached hydrogens (primary N) is 1. The number of ether oxygens (including phenoxy) is 2. The van der Waals surface area contributed by atoms with Crippen LogP contribution in [0.15, 0.2) is 28.4 Å². The topological polar surface area (TPSA) is 133 Å². The lowest BCUT2D eigenvalue weighted by Gasteiger charge is -2.39. The molecule has 9 nitrogen and oxygen atoms in total. The van der Waals surface area contributed by atoms with Gasteiger partial charge in [-0.2, -0.15) is 0 Å². The number of Topliss-reactive ketones (excluding diaryl/α,β-unsaturated/α-hetero) is 2. The van der Waals surface area contributed by atoms with Gasteiger partial charge in [0.1, 0.15) is 6.61 Å². The molecule has 1 aliphatic carbocycles. The first kappa shape index (κ1) is 18.8. The summed E-state index contributed by atoms with van der Waals surface area (Å²) in [6, 6.07) is 0.109. The molecule has 0 aromatic heterocycles. The Kier molecular flexibility index (Phi) is 4.20. The van der Waals surface area contributed by atoms with Crippen molar-refractivity contribution in [3.63, 3.8) is 0 Å². The van der Waals surface area contributed by atoms with Crippen LogP contribution in [-0.4, -0.2) is 72.9 Å².